The van der Waals surface area contributed by atoms with Crippen LogP contribution >= 0.6 is 0 Å². The molecule has 2 heterocycles. The van der Waals surface area contributed by atoms with E-state index < -0.39 is 0 Å². The van der Waals surface area contributed by atoms with Crippen LogP contribution in [0.5, 0.6) is 5.75 Å². The van der Waals surface area contributed by atoms with Crippen molar-refractivity contribution < 1.29 is 4.74 Å². The fraction of sp³-hybridized carbons (Fsp3) is 0.0769. The van der Waals surface area contributed by atoms with Crippen molar-refractivity contribution in [2.75, 3.05) is 7.11 Å². The summed E-state index contributed by atoms with van der Waals surface area (Å²) in [6.45, 7) is 0. The van der Waals surface area contributed by atoms with Gasteiger partial charge in [-0.1, -0.05) is 0 Å². The van der Waals surface area contributed by atoms with Crippen LogP contribution in [0.3, 0.4) is 0 Å². The van der Waals surface area contributed by atoms with Gasteiger partial charge in [-0.3, -0.25) is 9.55 Å². The molecule has 0 amide bonds. The SMILES string of the molecule is COc1ccc(-n2cnc3ccncc32)cc1. The number of benzene rings is 1. The third kappa shape index (κ3) is 1.63. The standard InChI is InChI=1S/C13H11N3O/c1-17-11-4-2-10(3-5-11)16-9-15-12-6-7-14-8-13(12)16/h2-9H,1H3. The lowest BCUT2D eigenvalue weighted by molar-refractivity contribution is 0.415. The lowest BCUT2D eigenvalue weighted by atomic mass is 10.3. The predicted molar refractivity (Wildman–Crippen MR) is 65.4 cm³/mol. The summed E-state index contributed by atoms with van der Waals surface area (Å²) in [5.74, 6) is 0.844. The molecule has 0 unspecified atom stereocenters. The van der Waals surface area contributed by atoms with Crippen LogP contribution in [0, 0.1) is 0 Å². The normalized spacial score (nSPS) is 10.6. The molecule has 84 valence electrons. The number of pyridine rings is 1. The molecule has 0 fully saturated rings. The average Bonchev–Trinajstić information content (AvgIpc) is 2.83. The number of hydrogen-bond acceptors (Lipinski definition) is 3. The van der Waals surface area contributed by atoms with E-state index in [1.807, 2.05) is 41.1 Å². The molecule has 3 rings (SSSR count). The third-order valence-corrected chi connectivity index (χ3v) is 2.70. The Morgan fingerprint density at radius 3 is 2.71 bits per heavy atom. The summed E-state index contributed by atoms with van der Waals surface area (Å²) < 4.78 is 7.14. The Balaban J connectivity index is 2.13. The number of hydrogen-bond donors (Lipinski definition) is 0. The molecule has 0 N–H and O–H groups in total. The second-order valence-electron chi connectivity index (χ2n) is 3.68. The molecule has 0 aliphatic rings. The number of rotatable bonds is 2. The Kier molecular flexibility index (Phi) is 2.26. The Morgan fingerprint density at radius 2 is 1.94 bits per heavy atom. The third-order valence-electron chi connectivity index (χ3n) is 2.70. The summed E-state index contributed by atoms with van der Waals surface area (Å²) in [6.07, 6.45) is 5.36. The van der Waals surface area contributed by atoms with Crippen molar-refractivity contribution in [1.82, 2.24) is 14.5 Å². The largest absolute Gasteiger partial charge is 0.497 e. The smallest absolute Gasteiger partial charge is 0.119 e. The zero-order valence-corrected chi connectivity index (χ0v) is 9.37. The summed E-state index contributed by atoms with van der Waals surface area (Å²) in [7, 11) is 1.66. The van der Waals surface area contributed by atoms with Crippen molar-refractivity contribution in [3.8, 4) is 11.4 Å². The zero-order valence-electron chi connectivity index (χ0n) is 9.37. The van der Waals surface area contributed by atoms with Crippen LogP contribution in [0.15, 0.2) is 49.1 Å². The van der Waals surface area contributed by atoms with E-state index in [2.05, 4.69) is 9.97 Å². The molecule has 0 saturated heterocycles. The minimum atomic E-state index is 0.844. The van der Waals surface area contributed by atoms with Gasteiger partial charge in [-0.25, -0.2) is 4.98 Å². The van der Waals surface area contributed by atoms with Crippen molar-refractivity contribution in [2.24, 2.45) is 0 Å². The summed E-state index contributed by atoms with van der Waals surface area (Å²) in [4.78, 5) is 8.45. The second-order valence-corrected chi connectivity index (χ2v) is 3.68. The van der Waals surface area contributed by atoms with Crippen LogP contribution in [-0.4, -0.2) is 21.6 Å². The fourth-order valence-electron chi connectivity index (χ4n) is 1.80. The Morgan fingerprint density at radius 1 is 1.12 bits per heavy atom. The number of aromatic nitrogens is 3. The molecule has 3 aromatic rings. The van der Waals surface area contributed by atoms with Crippen LogP contribution < -0.4 is 4.74 Å². The van der Waals surface area contributed by atoms with E-state index >= 15 is 0 Å². The lowest BCUT2D eigenvalue weighted by Crippen LogP contribution is -1.92. The van der Waals surface area contributed by atoms with E-state index in [4.69, 9.17) is 4.74 Å². The van der Waals surface area contributed by atoms with Gasteiger partial charge < -0.3 is 4.74 Å². The summed E-state index contributed by atoms with van der Waals surface area (Å²) in [5.41, 5.74) is 2.98. The first-order valence-electron chi connectivity index (χ1n) is 5.30. The van der Waals surface area contributed by atoms with Crippen LogP contribution in [0.2, 0.25) is 0 Å². The van der Waals surface area contributed by atoms with Gasteiger partial charge in [0, 0.05) is 11.9 Å². The number of fused-ring (bicyclic) bond motifs is 1. The molecule has 0 spiro atoms. The van der Waals surface area contributed by atoms with Crippen LogP contribution in [0.25, 0.3) is 16.7 Å². The first-order chi connectivity index (χ1) is 8.38. The quantitative estimate of drug-likeness (QED) is 0.672. The minimum Gasteiger partial charge on any atom is -0.497 e. The fourth-order valence-corrected chi connectivity index (χ4v) is 1.80. The van der Waals surface area contributed by atoms with E-state index in [1.54, 1.807) is 19.6 Å². The Hall–Kier alpha value is -2.36. The van der Waals surface area contributed by atoms with E-state index in [0.717, 1.165) is 22.5 Å². The highest BCUT2D eigenvalue weighted by Gasteiger charge is 2.03. The van der Waals surface area contributed by atoms with Gasteiger partial charge in [-0.2, -0.15) is 0 Å². The molecule has 1 aromatic carbocycles. The van der Waals surface area contributed by atoms with Gasteiger partial charge in [0.2, 0.25) is 0 Å². The molecule has 0 aliphatic carbocycles. The van der Waals surface area contributed by atoms with Crippen molar-refractivity contribution in [3.05, 3.63) is 49.1 Å². The van der Waals surface area contributed by atoms with E-state index in [0.29, 0.717) is 0 Å². The predicted octanol–water partition coefficient (Wildman–Crippen LogP) is 2.43. The van der Waals surface area contributed by atoms with Crippen LogP contribution in [-0.2, 0) is 0 Å². The minimum absolute atomic E-state index is 0.844. The van der Waals surface area contributed by atoms with Crippen molar-refractivity contribution >= 4 is 11.0 Å². The van der Waals surface area contributed by atoms with Gasteiger partial charge in [0.05, 0.1) is 24.3 Å². The molecule has 0 aliphatic heterocycles. The average molecular weight is 225 g/mol. The Labute approximate surface area is 98.5 Å². The monoisotopic (exact) mass is 225 g/mol. The lowest BCUT2D eigenvalue weighted by Gasteiger charge is -2.05. The molecule has 0 saturated carbocycles. The first-order valence-corrected chi connectivity index (χ1v) is 5.30. The van der Waals surface area contributed by atoms with Crippen molar-refractivity contribution in [2.45, 2.75) is 0 Å². The van der Waals surface area contributed by atoms with Gasteiger partial charge in [-0.15, -0.1) is 0 Å². The maximum absolute atomic E-state index is 5.14. The van der Waals surface area contributed by atoms with Crippen LogP contribution in [0.1, 0.15) is 0 Å². The van der Waals surface area contributed by atoms with E-state index in [9.17, 15) is 0 Å². The first kappa shape index (κ1) is 9.84. The van der Waals surface area contributed by atoms with Gasteiger partial charge >= 0.3 is 0 Å². The van der Waals surface area contributed by atoms with Gasteiger partial charge in [0.15, 0.2) is 0 Å². The highest BCUT2D eigenvalue weighted by Crippen LogP contribution is 2.19. The Bertz CT molecular complexity index is 643. The topological polar surface area (TPSA) is 39.9 Å². The highest BCUT2D eigenvalue weighted by molar-refractivity contribution is 5.76. The molecule has 0 radical (unpaired) electrons. The van der Waals surface area contributed by atoms with E-state index in [-0.39, 0.29) is 0 Å². The summed E-state index contributed by atoms with van der Waals surface area (Å²) in [5, 5.41) is 0. The van der Waals surface area contributed by atoms with Gasteiger partial charge in [0.25, 0.3) is 0 Å². The molecule has 4 nitrogen and oxygen atoms in total. The molecule has 0 atom stereocenters. The molecule has 0 bridgehead atoms. The second kappa shape index (κ2) is 3.90. The van der Waals surface area contributed by atoms with Crippen molar-refractivity contribution in [1.29, 1.82) is 0 Å². The van der Waals surface area contributed by atoms with Crippen LogP contribution in [0.4, 0.5) is 0 Å². The number of nitrogens with zero attached hydrogens (tertiary/aromatic N) is 3. The number of methoxy groups -OCH3 is 1. The van der Waals surface area contributed by atoms with E-state index in [1.165, 1.54) is 0 Å². The summed E-state index contributed by atoms with van der Waals surface area (Å²) >= 11 is 0. The van der Waals surface area contributed by atoms with Crippen molar-refractivity contribution in [3.63, 3.8) is 0 Å². The molecule has 17 heavy (non-hydrogen) atoms. The summed E-state index contributed by atoms with van der Waals surface area (Å²) in [6, 6.07) is 9.74. The van der Waals surface area contributed by atoms with Gasteiger partial charge in [0.1, 0.15) is 12.1 Å². The number of imidazole rings is 1. The highest BCUT2D eigenvalue weighted by atomic mass is 16.5. The zero-order chi connectivity index (χ0) is 11.7. The maximum Gasteiger partial charge on any atom is 0.119 e. The molecule has 2 aromatic heterocycles. The maximum atomic E-state index is 5.14. The molecular formula is C13H11N3O. The number of ether oxygens (including phenoxy) is 1. The van der Waals surface area contributed by atoms with Gasteiger partial charge in [-0.05, 0) is 30.3 Å². The molecular weight excluding hydrogens is 214 g/mol. The molecule has 4 heteroatoms.